The molecule has 2 fully saturated rings. The van der Waals surface area contributed by atoms with Gasteiger partial charge >= 0.3 is 0 Å². The molecule has 2 unspecified atom stereocenters. The van der Waals surface area contributed by atoms with Crippen LogP contribution in [0.25, 0.3) is 0 Å². The van der Waals surface area contributed by atoms with E-state index in [1.165, 1.54) is 6.42 Å². The highest BCUT2D eigenvalue weighted by Crippen LogP contribution is 2.15. The van der Waals surface area contributed by atoms with Crippen LogP contribution in [0, 0.1) is 5.92 Å². The number of nitrogens with one attached hydrogen (secondary N) is 1. The van der Waals surface area contributed by atoms with Gasteiger partial charge in [0.2, 0.25) is 11.8 Å². The fourth-order valence-corrected chi connectivity index (χ4v) is 2.59. The molecule has 2 saturated heterocycles. The second-order valence-corrected chi connectivity index (χ2v) is 5.31. The van der Waals surface area contributed by atoms with Crippen LogP contribution in [0.2, 0.25) is 0 Å². The van der Waals surface area contributed by atoms with E-state index in [1.807, 2.05) is 4.90 Å². The molecule has 5 heteroatoms. The van der Waals surface area contributed by atoms with E-state index in [0.717, 1.165) is 32.4 Å². The maximum Gasteiger partial charge on any atom is 0.249 e. The summed E-state index contributed by atoms with van der Waals surface area (Å²) in [7, 11) is 0. The van der Waals surface area contributed by atoms with E-state index in [1.54, 1.807) is 0 Å². The summed E-state index contributed by atoms with van der Waals surface area (Å²) in [6.07, 6.45) is 3.59. The Balaban J connectivity index is 1.72. The molecule has 5 nitrogen and oxygen atoms in total. The molecule has 2 aliphatic heterocycles. The number of amides is 2. The zero-order valence-electron chi connectivity index (χ0n) is 11.0. The van der Waals surface area contributed by atoms with E-state index in [4.69, 9.17) is 4.74 Å². The number of nitrogens with zero attached hydrogens (tertiary/aromatic N) is 1. The smallest absolute Gasteiger partial charge is 0.249 e. The summed E-state index contributed by atoms with van der Waals surface area (Å²) in [6.45, 7) is 4.54. The van der Waals surface area contributed by atoms with Crippen LogP contribution in [0.4, 0.5) is 0 Å². The van der Waals surface area contributed by atoms with E-state index < -0.39 is 0 Å². The molecule has 0 radical (unpaired) electrons. The Bertz CT molecular complexity index is 313. The standard InChI is InChI=1S/C13H22N2O3/c1-10-4-2-6-15(9-10)12(16)8-14-13(17)11-5-3-7-18-11/h10-11H,2-9H2,1H3,(H,14,17). The third kappa shape index (κ3) is 3.45. The van der Waals surface area contributed by atoms with Crippen LogP contribution >= 0.6 is 0 Å². The number of carbonyl (C=O) groups excluding carboxylic acids is 2. The molecule has 0 spiro atoms. The van der Waals surface area contributed by atoms with Crippen LogP contribution < -0.4 is 5.32 Å². The summed E-state index contributed by atoms with van der Waals surface area (Å²) < 4.78 is 5.27. The van der Waals surface area contributed by atoms with Crippen molar-refractivity contribution in [3.8, 4) is 0 Å². The van der Waals surface area contributed by atoms with Gasteiger partial charge in [-0.1, -0.05) is 6.92 Å². The van der Waals surface area contributed by atoms with Crippen LogP contribution in [0.5, 0.6) is 0 Å². The maximum atomic E-state index is 11.9. The van der Waals surface area contributed by atoms with E-state index in [2.05, 4.69) is 12.2 Å². The van der Waals surface area contributed by atoms with E-state index >= 15 is 0 Å². The number of likely N-dealkylation sites (tertiary alicyclic amines) is 1. The molecule has 0 aromatic carbocycles. The molecule has 18 heavy (non-hydrogen) atoms. The molecule has 0 aromatic heterocycles. The summed E-state index contributed by atoms with van der Waals surface area (Å²) in [6, 6.07) is 0. The molecule has 2 heterocycles. The summed E-state index contributed by atoms with van der Waals surface area (Å²) >= 11 is 0. The average Bonchev–Trinajstić information content (AvgIpc) is 2.89. The molecule has 102 valence electrons. The van der Waals surface area contributed by atoms with E-state index in [9.17, 15) is 9.59 Å². The second kappa shape index (κ2) is 6.18. The fraction of sp³-hybridized carbons (Fsp3) is 0.846. The van der Waals surface area contributed by atoms with Crippen molar-refractivity contribution in [2.75, 3.05) is 26.2 Å². The molecule has 2 rings (SSSR count). The van der Waals surface area contributed by atoms with Gasteiger partial charge in [0.1, 0.15) is 6.10 Å². The summed E-state index contributed by atoms with van der Waals surface area (Å²) in [5, 5.41) is 2.68. The zero-order chi connectivity index (χ0) is 13.0. The first-order chi connectivity index (χ1) is 8.66. The van der Waals surface area contributed by atoms with Crippen molar-refractivity contribution in [3.63, 3.8) is 0 Å². The molecule has 2 amide bonds. The third-order valence-electron chi connectivity index (χ3n) is 3.65. The van der Waals surface area contributed by atoms with Crippen LogP contribution in [0.15, 0.2) is 0 Å². The van der Waals surface area contributed by atoms with Gasteiger partial charge in [0.05, 0.1) is 6.54 Å². The Morgan fingerprint density at radius 3 is 2.83 bits per heavy atom. The Morgan fingerprint density at radius 2 is 2.17 bits per heavy atom. The van der Waals surface area contributed by atoms with Gasteiger partial charge in [0.15, 0.2) is 0 Å². The topological polar surface area (TPSA) is 58.6 Å². The van der Waals surface area contributed by atoms with Gasteiger partial charge in [-0.3, -0.25) is 9.59 Å². The lowest BCUT2D eigenvalue weighted by atomic mass is 10.0. The van der Waals surface area contributed by atoms with Crippen molar-refractivity contribution in [2.45, 2.75) is 38.7 Å². The highest BCUT2D eigenvalue weighted by atomic mass is 16.5. The summed E-state index contributed by atoms with van der Waals surface area (Å²) in [4.78, 5) is 25.5. The molecule has 0 bridgehead atoms. The molecule has 0 saturated carbocycles. The number of ether oxygens (including phenoxy) is 1. The summed E-state index contributed by atoms with van der Waals surface area (Å²) in [5.74, 6) is 0.440. The quantitative estimate of drug-likeness (QED) is 0.799. The van der Waals surface area contributed by atoms with Crippen LogP contribution in [0.1, 0.15) is 32.6 Å². The molecule has 0 aliphatic carbocycles. The first kappa shape index (κ1) is 13.3. The molecular weight excluding hydrogens is 232 g/mol. The van der Waals surface area contributed by atoms with Gasteiger partial charge in [-0.15, -0.1) is 0 Å². The summed E-state index contributed by atoms with van der Waals surface area (Å²) in [5.41, 5.74) is 0. The maximum absolute atomic E-state index is 11.9. The monoisotopic (exact) mass is 254 g/mol. The lowest BCUT2D eigenvalue weighted by molar-refractivity contribution is -0.136. The van der Waals surface area contributed by atoms with Gasteiger partial charge in [0.25, 0.3) is 0 Å². The Hall–Kier alpha value is -1.10. The first-order valence-corrected chi connectivity index (χ1v) is 6.84. The van der Waals surface area contributed by atoms with Crippen molar-refractivity contribution in [3.05, 3.63) is 0 Å². The van der Waals surface area contributed by atoms with Crippen molar-refractivity contribution in [1.29, 1.82) is 0 Å². The van der Waals surface area contributed by atoms with E-state index in [-0.39, 0.29) is 24.5 Å². The highest BCUT2D eigenvalue weighted by molar-refractivity contribution is 5.87. The van der Waals surface area contributed by atoms with E-state index in [0.29, 0.717) is 12.5 Å². The number of hydrogen-bond acceptors (Lipinski definition) is 3. The first-order valence-electron chi connectivity index (χ1n) is 6.84. The molecule has 1 N–H and O–H groups in total. The minimum absolute atomic E-state index is 0.0212. The molecule has 2 atom stereocenters. The molecular formula is C13H22N2O3. The number of piperidine rings is 1. The minimum Gasteiger partial charge on any atom is -0.368 e. The molecule has 2 aliphatic rings. The van der Waals surface area contributed by atoms with Gasteiger partial charge in [-0.25, -0.2) is 0 Å². The van der Waals surface area contributed by atoms with Gasteiger partial charge in [0, 0.05) is 19.7 Å². The molecule has 0 aromatic rings. The Morgan fingerprint density at radius 1 is 1.33 bits per heavy atom. The van der Waals surface area contributed by atoms with Crippen molar-refractivity contribution < 1.29 is 14.3 Å². The Kier molecular flexibility index (Phi) is 4.58. The number of rotatable bonds is 3. The predicted molar refractivity (Wildman–Crippen MR) is 67.0 cm³/mol. The van der Waals surface area contributed by atoms with Gasteiger partial charge < -0.3 is 15.0 Å². The van der Waals surface area contributed by atoms with Crippen molar-refractivity contribution >= 4 is 11.8 Å². The lowest BCUT2D eigenvalue weighted by Gasteiger charge is -2.31. The predicted octanol–water partition coefficient (Wildman–Crippen LogP) is 0.540. The van der Waals surface area contributed by atoms with Crippen LogP contribution in [0.3, 0.4) is 0 Å². The lowest BCUT2D eigenvalue weighted by Crippen LogP contribution is -2.46. The van der Waals surface area contributed by atoms with Gasteiger partial charge in [-0.05, 0) is 31.6 Å². The fourth-order valence-electron chi connectivity index (χ4n) is 2.59. The van der Waals surface area contributed by atoms with Gasteiger partial charge in [-0.2, -0.15) is 0 Å². The second-order valence-electron chi connectivity index (χ2n) is 5.31. The number of carbonyl (C=O) groups is 2. The average molecular weight is 254 g/mol. The third-order valence-corrected chi connectivity index (χ3v) is 3.65. The number of hydrogen-bond donors (Lipinski definition) is 1. The highest BCUT2D eigenvalue weighted by Gasteiger charge is 2.25. The Labute approximate surface area is 108 Å². The van der Waals surface area contributed by atoms with Crippen LogP contribution in [-0.2, 0) is 14.3 Å². The normalized spacial score (nSPS) is 28.2. The van der Waals surface area contributed by atoms with Crippen LogP contribution in [-0.4, -0.2) is 49.1 Å². The SMILES string of the molecule is CC1CCCN(C(=O)CNC(=O)C2CCCO2)C1. The minimum atomic E-state index is -0.349. The van der Waals surface area contributed by atoms with Crippen molar-refractivity contribution in [2.24, 2.45) is 5.92 Å². The zero-order valence-corrected chi connectivity index (χ0v) is 11.0. The van der Waals surface area contributed by atoms with Crippen molar-refractivity contribution in [1.82, 2.24) is 10.2 Å². The largest absolute Gasteiger partial charge is 0.368 e.